The first-order valence-electron chi connectivity index (χ1n) is 14.2. The van der Waals surface area contributed by atoms with E-state index in [1.807, 2.05) is 12.1 Å². The van der Waals surface area contributed by atoms with Crippen molar-refractivity contribution < 1.29 is 0 Å². The Morgan fingerprint density at radius 2 is 0.905 bits per heavy atom. The minimum atomic E-state index is 0.641. The van der Waals surface area contributed by atoms with Crippen LogP contribution in [0.2, 0.25) is 0 Å². The van der Waals surface area contributed by atoms with Crippen LogP contribution in [0.1, 0.15) is 0 Å². The van der Waals surface area contributed by atoms with Crippen molar-refractivity contribution in [1.29, 1.82) is 0 Å². The smallest absolute Gasteiger partial charge is 0.188 e. The summed E-state index contributed by atoms with van der Waals surface area (Å²) in [4.78, 5) is 3.91. The SMILES string of the molecule is [C-]#[N+]c1cc(-c2ccc3ccccc3c2)cc(-c2c3ccccc3c(-c3cccc4ccccc34)c3ccccc23)c1. The molecule has 42 heavy (non-hydrogen) atoms. The summed E-state index contributed by atoms with van der Waals surface area (Å²) in [5.41, 5.74) is 7.51. The Hall–Kier alpha value is -5.71. The number of benzene rings is 8. The van der Waals surface area contributed by atoms with E-state index >= 15 is 0 Å². The van der Waals surface area contributed by atoms with Crippen LogP contribution in [0.25, 0.3) is 81.3 Å². The minimum absolute atomic E-state index is 0.641. The van der Waals surface area contributed by atoms with E-state index in [-0.39, 0.29) is 0 Å². The number of hydrogen-bond acceptors (Lipinski definition) is 0. The molecule has 194 valence electrons. The monoisotopic (exact) mass is 531 g/mol. The zero-order valence-corrected chi connectivity index (χ0v) is 22.9. The van der Waals surface area contributed by atoms with Gasteiger partial charge in [0.05, 0.1) is 6.57 Å². The van der Waals surface area contributed by atoms with Crippen molar-refractivity contribution >= 4 is 48.8 Å². The Morgan fingerprint density at radius 3 is 1.60 bits per heavy atom. The molecule has 0 aliphatic heterocycles. The number of hydrogen-bond donors (Lipinski definition) is 0. The van der Waals surface area contributed by atoms with Gasteiger partial charge >= 0.3 is 0 Å². The largest absolute Gasteiger partial charge is 0.238 e. The van der Waals surface area contributed by atoms with Gasteiger partial charge in [0.25, 0.3) is 0 Å². The third kappa shape index (κ3) is 3.85. The molecule has 0 unspecified atom stereocenters. The van der Waals surface area contributed by atoms with Gasteiger partial charge in [0.1, 0.15) is 0 Å². The van der Waals surface area contributed by atoms with E-state index in [2.05, 4.69) is 144 Å². The molecule has 0 bridgehead atoms. The highest BCUT2D eigenvalue weighted by atomic mass is 14.6. The Kier molecular flexibility index (Phi) is 5.59. The van der Waals surface area contributed by atoms with Crippen LogP contribution in [-0.2, 0) is 0 Å². The summed E-state index contributed by atoms with van der Waals surface area (Å²) in [6.07, 6.45) is 0. The first kappa shape index (κ1) is 24.1. The van der Waals surface area contributed by atoms with Crippen LogP contribution >= 0.6 is 0 Å². The Morgan fingerprint density at radius 1 is 0.357 bits per heavy atom. The van der Waals surface area contributed by atoms with Gasteiger partial charge in [0.15, 0.2) is 5.69 Å². The molecule has 0 fully saturated rings. The summed E-state index contributed by atoms with van der Waals surface area (Å²) in [5, 5.41) is 9.68. The van der Waals surface area contributed by atoms with E-state index in [9.17, 15) is 0 Å². The number of nitrogens with zero attached hydrogens (tertiary/aromatic N) is 1. The van der Waals surface area contributed by atoms with Crippen molar-refractivity contribution in [3.63, 3.8) is 0 Å². The second-order valence-corrected chi connectivity index (χ2v) is 10.8. The van der Waals surface area contributed by atoms with Gasteiger partial charge in [-0.15, -0.1) is 0 Å². The number of rotatable bonds is 3. The van der Waals surface area contributed by atoms with Gasteiger partial charge in [-0.2, -0.15) is 0 Å². The lowest BCUT2D eigenvalue weighted by Crippen LogP contribution is -1.92. The molecular weight excluding hydrogens is 506 g/mol. The lowest BCUT2D eigenvalue weighted by atomic mass is 9.84. The molecule has 0 aromatic heterocycles. The second-order valence-electron chi connectivity index (χ2n) is 10.8. The molecule has 0 saturated heterocycles. The fourth-order valence-electron chi connectivity index (χ4n) is 6.53. The van der Waals surface area contributed by atoms with Gasteiger partial charge in [-0.3, -0.25) is 0 Å². The molecule has 0 heterocycles. The van der Waals surface area contributed by atoms with Crippen molar-refractivity contribution in [3.05, 3.63) is 163 Å². The second kappa shape index (κ2) is 9.73. The highest BCUT2D eigenvalue weighted by molar-refractivity contribution is 6.23. The van der Waals surface area contributed by atoms with Gasteiger partial charge in [0, 0.05) is 0 Å². The highest BCUT2D eigenvalue weighted by Crippen LogP contribution is 2.46. The Balaban J connectivity index is 1.45. The maximum atomic E-state index is 7.97. The van der Waals surface area contributed by atoms with Gasteiger partial charge in [0.2, 0.25) is 0 Å². The molecular formula is C41H25N. The van der Waals surface area contributed by atoms with Crippen molar-refractivity contribution in [3.8, 4) is 33.4 Å². The molecule has 8 aromatic rings. The third-order valence-corrected chi connectivity index (χ3v) is 8.41. The average molecular weight is 532 g/mol. The van der Waals surface area contributed by atoms with Crippen LogP contribution < -0.4 is 0 Å². The quantitative estimate of drug-likeness (QED) is 0.158. The normalized spacial score (nSPS) is 11.3. The van der Waals surface area contributed by atoms with Crippen molar-refractivity contribution in [1.82, 2.24) is 0 Å². The first-order valence-corrected chi connectivity index (χ1v) is 14.2. The van der Waals surface area contributed by atoms with E-state index < -0.39 is 0 Å². The van der Waals surface area contributed by atoms with E-state index in [0.717, 1.165) is 22.3 Å². The maximum Gasteiger partial charge on any atom is 0.188 e. The average Bonchev–Trinajstić information content (AvgIpc) is 3.06. The van der Waals surface area contributed by atoms with Gasteiger partial charge in [-0.05, 0) is 101 Å². The van der Waals surface area contributed by atoms with Crippen molar-refractivity contribution in [2.24, 2.45) is 0 Å². The standard InChI is InChI=1S/C41H25N/c1-42-33-25-31(30-22-21-27-11-2-3-13-29(27)23-30)24-32(26-33)40-36-16-6-8-18-38(36)41(39-19-9-7-17-37(39)40)35-20-10-14-28-12-4-5-15-34(28)35/h2-26H. The van der Waals surface area contributed by atoms with Crippen LogP contribution in [0.5, 0.6) is 0 Å². The van der Waals surface area contributed by atoms with Crippen LogP contribution in [0.3, 0.4) is 0 Å². The van der Waals surface area contributed by atoms with Crippen molar-refractivity contribution in [2.45, 2.75) is 0 Å². The molecule has 0 aliphatic carbocycles. The van der Waals surface area contributed by atoms with Crippen molar-refractivity contribution in [2.75, 3.05) is 0 Å². The first-order chi connectivity index (χ1) is 20.8. The molecule has 0 aliphatic rings. The summed E-state index contributed by atoms with van der Waals surface area (Å²) >= 11 is 0. The summed E-state index contributed by atoms with van der Waals surface area (Å²) in [5.74, 6) is 0. The number of fused-ring (bicyclic) bond motifs is 4. The van der Waals surface area contributed by atoms with Crippen LogP contribution in [0, 0.1) is 6.57 Å². The molecule has 0 spiro atoms. The fraction of sp³-hybridized carbons (Fsp3) is 0. The maximum absolute atomic E-state index is 7.97. The van der Waals surface area contributed by atoms with Crippen LogP contribution in [-0.4, -0.2) is 0 Å². The molecule has 8 rings (SSSR count). The molecule has 8 aromatic carbocycles. The summed E-state index contributed by atoms with van der Waals surface area (Å²) < 4.78 is 0. The molecule has 1 heteroatoms. The molecule has 1 nitrogen and oxygen atoms in total. The molecule has 0 radical (unpaired) electrons. The lowest BCUT2D eigenvalue weighted by molar-refractivity contribution is 1.63. The van der Waals surface area contributed by atoms with E-state index in [0.29, 0.717) is 5.69 Å². The predicted octanol–water partition coefficient (Wildman–Crippen LogP) is 11.9. The third-order valence-electron chi connectivity index (χ3n) is 8.41. The minimum Gasteiger partial charge on any atom is -0.238 e. The summed E-state index contributed by atoms with van der Waals surface area (Å²) in [6.45, 7) is 7.97. The Labute approximate surface area is 244 Å². The topological polar surface area (TPSA) is 4.36 Å². The summed E-state index contributed by atoms with van der Waals surface area (Å²) in [6, 6.07) is 53.9. The predicted molar refractivity (Wildman–Crippen MR) is 179 cm³/mol. The van der Waals surface area contributed by atoms with Gasteiger partial charge in [-0.25, -0.2) is 4.85 Å². The van der Waals surface area contributed by atoms with E-state index in [1.165, 1.54) is 54.2 Å². The van der Waals surface area contributed by atoms with E-state index in [1.54, 1.807) is 0 Å². The zero-order chi connectivity index (χ0) is 28.0. The molecule has 0 saturated carbocycles. The zero-order valence-electron chi connectivity index (χ0n) is 22.9. The van der Waals surface area contributed by atoms with Crippen LogP contribution in [0.4, 0.5) is 5.69 Å². The van der Waals surface area contributed by atoms with Crippen LogP contribution in [0.15, 0.2) is 152 Å². The molecule has 0 amide bonds. The van der Waals surface area contributed by atoms with E-state index in [4.69, 9.17) is 6.57 Å². The highest BCUT2D eigenvalue weighted by Gasteiger charge is 2.18. The summed E-state index contributed by atoms with van der Waals surface area (Å²) in [7, 11) is 0. The van der Waals surface area contributed by atoms with Gasteiger partial charge < -0.3 is 0 Å². The Bertz CT molecular complexity index is 2310. The van der Waals surface area contributed by atoms with Gasteiger partial charge in [-0.1, -0.05) is 127 Å². The lowest BCUT2D eigenvalue weighted by Gasteiger charge is -2.19. The molecule has 0 N–H and O–H groups in total. The fourth-order valence-corrected chi connectivity index (χ4v) is 6.53. The molecule has 0 atom stereocenters.